The topological polar surface area (TPSA) is 35.2 Å². The number of benzene rings is 1. The zero-order chi connectivity index (χ0) is 14.5. The minimum Gasteiger partial charge on any atom is -0.487 e. The molecular weight excluding hydrogens is 253 g/mol. The molecule has 1 aliphatic carbocycles. The van der Waals surface area contributed by atoms with Crippen molar-refractivity contribution in [1.29, 1.82) is 0 Å². The lowest BCUT2D eigenvalue weighted by molar-refractivity contribution is -0.0571. The molecule has 2 aliphatic rings. The Labute approximate surface area is 120 Å². The highest BCUT2D eigenvalue weighted by Gasteiger charge is 2.48. The summed E-state index contributed by atoms with van der Waals surface area (Å²) < 4.78 is 19.7. The Kier molecular flexibility index (Phi) is 3.09. The lowest BCUT2D eigenvalue weighted by atomic mass is 9.63. The van der Waals surface area contributed by atoms with Crippen LogP contribution in [0.5, 0.6) is 5.75 Å². The van der Waals surface area contributed by atoms with Gasteiger partial charge in [0.1, 0.15) is 17.2 Å². The van der Waals surface area contributed by atoms with E-state index in [9.17, 15) is 4.39 Å². The number of rotatable bonds is 0. The summed E-state index contributed by atoms with van der Waals surface area (Å²) in [4.78, 5) is 0. The van der Waals surface area contributed by atoms with E-state index in [1.165, 1.54) is 18.6 Å². The van der Waals surface area contributed by atoms with Gasteiger partial charge in [-0.25, -0.2) is 4.39 Å². The predicted molar refractivity (Wildman–Crippen MR) is 78.1 cm³/mol. The van der Waals surface area contributed by atoms with Gasteiger partial charge in [0.2, 0.25) is 0 Å². The van der Waals surface area contributed by atoms with Crippen LogP contribution in [0.15, 0.2) is 18.2 Å². The van der Waals surface area contributed by atoms with Gasteiger partial charge in [-0.2, -0.15) is 0 Å². The summed E-state index contributed by atoms with van der Waals surface area (Å²) in [6.45, 7) is 6.90. The largest absolute Gasteiger partial charge is 0.487 e. The first-order valence-electron chi connectivity index (χ1n) is 7.53. The van der Waals surface area contributed by atoms with Crippen molar-refractivity contribution in [1.82, 2.24) is 0 Å². The number of halogens is 1. The highest BCUT2D eigenvalue weighted by atomic mass is 19.1. The van der Waals surface area contributed by atoms with E-state index >= 15 is 0 Å². The molecule has 1 aliphatic heterocycles. The van der Waals surface area contributed by atoms with Gasteiger partial charge in [0.15, 0.2) is 0 Å². The molecular formula is C17H24FNO. The molecule has 0 bridgehead atoms. The zero-order valence-electron chi connectivity index (χ0n) is 12.6. The van der Waals surface area contributed by atoms with Crippen LogP contribution in [-0.4, -0.2) is 5.60 Å². The third kappa shape index (κ3) is 2.44. The van der Waals surface area contributed by atoms with Crippen LogP contribution in [0.1, 0.15) is 58.1 Å². The molecule has 2 N–H and O–H groups in total. The second-order valence-electron chi connectivity index (χ2n) is 7.63. The smallest absolute Gasteiger partial charge is 0.125 e. The first-order chi connectivity index (χ1) is 9.29. The first kappa shape index (κ1) is 13.9. The molecule has 110 valence electrons. The van der Waals surface area contributed by atoms with Crippen LogP contribution < -0.4 is 10.5 Å². The number of hydrogen-bond donors (Lipinski definition) is 1. The highest BCUT2D eigenvalue weighted by Crippen LogP contribution is 2.51. The summed E-state index contributed by atoms with van der Waals surface area (Å²) in [6.07, 6.45) is 4.08. The fourth-order valence-electron chi connectivity index (χ4n) is 4.59. The maximum absolute atomic E-state index is 13.4. The number of fused-ring (bicyclic) bond motifs is 1. The maximum Gasteiger partial charge on any atom is 0.125 e. The van der Waals surface area contributed by atoms with Gasteiger partial charge < -0.3 is 10.5 Å². The molecule has 0 amide bonds. The van der Waals surface area contributed by atoms with Crippen molar-refractivity contribution >= 4 is 0 Å². The second kappa shape index (κ2) is 4.45. The lowest BCUT2D eigenvalue weighted by Gasteiger charge is -2.50. The van der Waals surface area contributed by atoms with Crippen LogP contribution in [0.4, 0.5) is 4.39 Å². The molecule has 1 saturated carbocycles. The summed E-state index contributed by atoms with van der Waals surface area (Å²) in [7, 11) is 0. The van der Waals surface area contributed by atoms with Gasteiger partial charge in [-0.05, 0) is 48.8 Å². The summed E-state index contributed by atoms with van der Waals surface area (Å²) in [5, 5.41) is 0. The van der Waals surface area contributed by atoms with Crippen molar-refractivity contribution < 1.29 is 9.13 Å². The van der Waals surface area contributed by atoms with Crippen LogP contribution in [0.25, 0.3) is 0 Å². The van der Waals surface area contributed by atoms with Crippen molar-refractivity contribution in [3.05, 3.63) is 29.6 Å². The average molecular weight is 277 g/mol. The lowest BCUT2D eigenvalue weighted by Crippen LogP contribution is -2.50. The third-order valence-corrected chi connectivity index (χ3v) is 4.71. The summed E-state index contributed by atoms with van der Waals surface area (Å²) in [5.74, 6) is 1.17. The molecule has 2 nitrogen and oxygen atoms in total. The van der Waals surface area contributed by atoms with Gasteiger partial charge in [0.05, 0.1) is 0 Å². The second-order valence-corrected chi connectivity index (χ2v) is 7.63. The Hall–Kier alpha value is -1.09. The van der Waals surface area contributed by atoms with Crippen LogP contribution in [0, 0.1) is 17.2 Å². The molecule has 1 aromatic rings. The van der Waals surface area contributed by atoms with Crippen molar-refractivity contribution in [3.63, 3.8) is 0 Å². The minimum absolute atomic E-state index is 0.129. The van der Waals surface area contributed by atoms with Crippen molar-refractivity contribution in [2.24, 2.45) is 17.1 Å². The molecule has 0 radical (unpaired) electrons. The number of hydrogen-bond acceptors (Lipinski definition) is 2. The van der Waals surface area contributed by atoms with Crippen molar-refractivity contribution in [2.45, 2.75) is 58.1 Å². The Bertz CT molecular complexity index is 528. The van der Waals surface area contributed by atoms with E-state index < -0.39 is 0 Å². The van der Waals surface area contributed by atoms with Crippen molar-refractivity contribution in [2.75, 3.05) is 0 Å². The molecule has 3 unspecified atom stereocenters. The first-order valence-corrected chi connectivity index (χ1v) is 7.53. The van der Waals surface area contributed by atoms with E-state index in [2.05, 4.69) is 20.8 Å². The van der Waals surface area contributed by atoms with Gasteiger partial charge in [-0.15, -0.1) is 0 Å². The standard InChI is InChI=1S/C17H24FNO/c1-11-7-16(2,3)10-17(8-11)9-14(19)13-6-12(18)4-5-15(13)20-17/h4-6,11,14H,7-10,19H2,1-3H3. The van der Waals surface area contributed by atoms with E-state index in [1.54, 1.807) is 6.07 Å². The van der Waals surface area contributed by atoms with E-state index in [0.717, 1.165) is 30.6 Å². The Morgan fingerprint density at radius 3 is 2.70 bits per heavy atom. The molecule has 1 spiro atoms. The van der Waals surface area contributed by atoms with E-state index in [-0.39, 0.29) is 22.9 Å². The van der Waals surface area contributed by atoms with Gasteiger partial charge >= 0.3 is 0 Å². The quantitative estimate of drug-likeness (QED) is 0.771. The minimum atomic E-state index is -0.240. The van der Waals surface area contributed by atoms with Crippen LogP contribution in [0.2, 0.25) is 0 Å². The van der Waals surface area contributed by atoms with E-state index in [0.29, 0.717) is 5.92 Å². The number of ether oxygens (including phenoxy) is 1. The molecule has 0 saturated heterocycles. The molecule has 1 fully saturated rings. The predicted octanol–water partition coefficient (Wildman–Crippen LogP) is 4.19. The fourth-order valence-corrected chi connectivity index (χ4v) is 4.59. The molecule has 1 aromatic carbocycles. The van der Waals surface area contributed by atoms with E-state index in [4.69, 9.17) is 10.5 Å². The Morgan fingerprint density at radius 1 is 1.25 bits per heavy atom. The van der Waals surface area contributed by atoms with Gasteiger partial charge in [-0.3, -0.25) is 0 Å². The van der Waals surface area contributed by atoms with Gasteiger partial charge in [-0.1, -0.05) is 20.8 Å². The number of nitrogens with two attached hydrogens (primary N) is 1. The molecule has 3 rings (SSSR count). The van der Waals surface area contributed by atoms with Gasteiger partial charge in [0.25, 0.3) is 0 Å². The van der Waals surface area contributed by atoms with Crippen LogP contribution >= 0.6 is 0 Å². The molecule has 3 heteroatoms. The monoisotopic (exact) mass is 277 g/mol. The SMILES string of the molecule is CC1CC(C)(C)CC2(C1)CC(N)c1cc(F)ccc1O2. The van der Waals surface area contributed by atoms with Crippen LogP contribution in [-0.2, 0) is 0 Å². The summed E-state index contributed by atoms with van der Waals surface area (Å²) >= 11 is 0. The van der Waals surface area contributed by atoms with Gasteiger partial charge in [0, 0.05) is 18.0 Å². The highest BCUT2D eigenvalue weighted by molar-refractivity contribution is 5.39. The summed E-state index contributed by atoms with van der Waals surface area (Å²) in [5.41, 5.74) is 7.22. The van der Waals surface area contributed by atoms with E-state index in [1.807, 2.05) is 0 Å². The third-order valence-electron chi connectivity index (χ3n) is 4.71. The molecule has 3 atom stereocenters. The van der Waals surface area contributed by atoms with Crippen molar-refractivity contribution in [3.8, 4) is 5.75 Å². The zero-order valence-corrected chi connectivity index (χ0v) is 12.6. The normalized spacial score (nSPS) is 35.5. The van der Waals surface area contributed by atoms with Crippen LogP contribution in [0.3, 0.4) is 0 Å². The molecule has 0 aromatic heterocycles. The Morgan fingerprint density at radius 2 is 2.00 bits per heavy atom. The average Bonchev–Trinajstić information content (AvgIpc) is 2.27. The molecule has 1 heterocycles. The maximum atomic E-state index is 13.4. The molecule has 20 heavy (non-hydrogen) atoms. The fraction of sp³-hybridized carbons (Fsp3) is 0.647. The summed E-state index contributed by atoms with van der Waals surface area (Å²) in [6, 6.07) is 4.58. The Balaban J connectivity index is 1.96.